The van der Waals surface area contributed by atoms with E-state index in [1.807, 2.05) is 30.3 Å². The number of carbonyl (C=O) groups excluding carboxylic acids is 2. The van der Waals surface area contributed by atoms with Gasteiger partial charge in [0.25, 0.3) is 5.70 Å². The predicted octanol–water partition coefficient (Wildman–Crippen LogP) is 3.16. The van der Waals surface area contributed by atoms with Crippen LogP contribution in [0.2, 0.25) is 0 Å². The van der Waals surface area contributed by atoms with Crippen molar-refractivity contribution in [1.82, 2.24) is 4.90 Å². The number of rotatable bonds is 4. The van der Waals surface area contributed by atoms with Crippen LogP contribution in [0, 0.1) is 6.57 Å². The summed E-state index contributed by atoms with van der Waals surface area (Å²) in [5.74, 6) is -0.581. The second-order valence-electron chi connectivity index (χ2n) is 5.31. The van der Waals surface area contributed by atoms with Crippen LogP contribution in [0.15, 0.2) is 41.6 Å². The minimum absolute atomic E-state index is 0.0501. The highest BCUT2D eigenvalue weighted by Gasteiger charge is 2.25. The number of ether oxygens (including phenoxy) is 2. The Bertz CT molecular complexity index is 651. The molecule has 1 aromatic carbocycles. The van der Waals surface area contributed by atoms with Crippen LogP contribution in [0.1, 0.15) is 25.3 Å². The standard InChI is InChI=1S/C18H20N2O4/c1-3-23-17(21)16(19-2)15-9-11-20(12-10-15)18(22)24-13-14-7-5-4-6-8-14/h4-8H,3,9-13H2,1H3. The fourth-order valence-corrected chi connectivity index (χ4v) is 2.48. The average Bonchev–Trinajstić information content (AvgIpc) is 2.62. The topological polar surface area (TPSA) is 60.2 Å². The van der Waals surface area contributed by atoms with Crippen molar-refractivity contribution in [1.29, 1.82) is 0 Å². The van der Waals surface area contributed by atoms with E-state index < -0.39 is 5.97 Å². The van der Waals surface area contributed by atoms with Gasteiger partial charge in [-0.1, -0.05) is 35.9 Å². The normalized spacial score (nSPS) is 13.8. The molecule has 1 saturated heterocycles. The Morgan fingerprint density at radius 2 is 1.83 bits per heavy atom. The van der Waals surface area contributed by atoms with Crippen molar-refractivity contribution >= 4 is 12.1 Å². The Balaban J connectivity index is 1.88. The molecule has 1 aliphatic heterocycles. The van der Waals surface area contributed by atoms with Gasteiger partial charge in [0.1, 0.15) is 6.61 Å². The van der Waals surface area contributed by atoms with Crippen molar-refractivity contribution in [2.24, 2.45) is 0 Å². The first-order valence-electron chi connectivity index (χ1n) is 7.88. The molecule has 0 N–H and O–H groups in total. The van der Waals surface area contributed by atoms with Gasteiger partial charge in [-0.15, -0.1) is 0 Å². The molecule has 0 saturated carbocycles. The van der Waals surface area contributed by atoms with Gasteiger partial charge < -0.3 is 14.4 Å². The molecule has 0 unspecified atom stereocenters. The van der Waals surface area contributed by atoms with Crippen LogP contribution >= 0.6 is 0 Å². The monoisotopic (exact) mass is 328 g/mol. The molecule has 6 heteroatoms. The summed E-state index contributed by atoms with van der Waals surface area (Å²) in [7, 11) is 0. The van der Waals surface area contributed by atoms with E-state index in [-0.39, 0.29) is 25.0 Å². The van der Waals surface area contributed by atoms with E-state index in [4.69, 9.17) is 16.0 Å². The first-order chi connectivity index (χ1) is 11.7. The number of piperidine rings is 1. The number of benzene rings is 1. The minimum atomic E-state index is -0.581. The first-order valence-corrected chi connectivity index (χ1v) is 7.88. The molecular formula is C18H20N2O4. The maximum absolute atomic E-state index is 12.1. The van der Waals surface area contributed by atoms with Crippen molar-refractivity contribution in [2.45, 2.75) is 26.4 Å². The molecule has 0 spiro atoms. The fraction of sp³-hybridized carbons (Fsp3) is 0.389. The Hall–Kier alpha value is -2.81. The number of likely N-dealkylation sites (tertiary alicyclic amines) is 1. The van der Waals surface area contributed by atoms with E-state index in [1.165, 1.54) is 0 Å². The summed E-state index contributed by atoms with van der Waals surface area (Å²) >= 11 is 0. The van der Waals surface area contributed by atoms with E-state index in [0.29, 0.717) is 25.9 Å². The summed E-state index contributed by atoms with van der Waals surface area (Å²) < 4.78 is 10.2. The number of esters is 1. The lowest BCUT2D eigenvalue weighted by atomic mass is 10.0. The molecule has 6 nitrogen and oxygen atoms in total. The van der Waals surface area contributed by atoms with Crippen LogP contribution in [-0.4, -0.2) is 36.7 Å². The highest BCUT2D eigenvalue weighted by molar-refractivity contribution is 5.91. The van der Waals surface area contributed by atoms with Crippen molar-refractivity contribution in [3.8, 4) is 0 Å². The summed E-state index contributed by atoms with van der Waals surface area (Å²) in [4.78, 5) is 28.7. The third-order valence-corrected chi connectivity index (χ3v) is 3.75. The maximum atomic E-state index is 12.1. The van der Waals surface area contributed by atoms with Crippen LogP contribution in [0.3, 0.4) is 0 Å². The van der Waals surface area contributed by atoms with Gasteiger partial charge in [0.15, 0.2) is 0 Å². The summed E-state index contributed by atoms with van der Waals surface area (Å²) in [5.41, 5.74) is 1.73. The number of hydrogen-bond acceptors (Lipinski definition) is 4. The van der Waals surface area contributed by atoms with Crippen LogP contribution in [0.4, 0.5) is 4.79 Å². The van der Waals surface area contributed by atoms with Gasteiger partial charge in [-0.3, -0.25) is 4.79 Å². The smallest absolute Gasteiger partial charge is 0.410 e. The second-order valence-corrected chi connectivity index (χ2v) is 5.31. The molecule has 0 aromatic heterocycles. The van der Waals surface area contributed by atoms with E-state index in [9.17, 15) is 9.59 Å². The second kappa shape index (κ2) is 8.73. The van der Waals surface area contributed by atoms with Gasteiger partial charge >= 0.3 is 12.1 Å². The molecule has 24 heavy (non-hydrogen) atoms. The van der Waals surface area contributed by atoms with Gasteiger partial charge in [0.05, 0.1) is 13.2 Å². The van der Waals surface area contributed by atoms with Gasteiger partial charge in [0.2, 0.25) is 0 Å². The zero-order chi connectivity index (χ0) is 17.4. The lowest BCUT2D eigenvalue weighted by Gasteiger charge is -2.28. The zero-order valence-electron chi connectivity index (χ0n) is 13.7. The summed E-state index contributed by atoms with van der Waals surface area (Å²) in [6, 6.07) is 9.48. The molecule has 1 heterocycles. The Labute approximate surface area is 141 Å². The van der Waals surface area contributed by atoms with Crippen molar-refractivity contribution in [3.05, 3.63) is 58.6 Å². The highest BCUT2D eigenvalue weighted by Crippen LogP contribution is 2.22. The molecule has 1 aromatic rings. The Morgan fingerprint density at radius 1 is 1.17 bits per heavy atom. The molecule has 0 atom stereocenters. The molecule has 1 aliphatic rings. The summed E-state index contributed by atoms with van der Waals surface area (Å²) in [6.07, 6.45) is 0.590. The number of nitrogens with zero attached hydrogens (tertiary/aromatic N) is 2. The van der Waals surface area contributed by atoms with Crippen molar-refractivity contribution < 1.29 is 19.1 Å². The molecule has 126 valence electrons. The molecule has 2 rings (SSSR count). The number of carbonyl (C=O) groups is 2. The van der Waals surface area contributed by atoms with Gasteiger partial charge in [0, 0.05) is 13.1 Å². The fourth-order valence-electron chi connectivity index (χ4n) is 2.48. The van der Waals surface area contributed by atoms with Gasteiger partial charge in [-0.2, -0.15) is 0 Å². The predicted molar refractivity (Wildman–Crippen MR) is 87.7 cm³/mol. The first kappa shape index (κ1) is 17.5. The van der Waals surface area contributed by atoms with E-state index in [1.54, 1.807) is 11.8 Å². The lowest BCUT2D eigenvalue weighted by molar-refractivity contribution is -0.138. The number of hydrogen-bond donors (Lipinski definition) is 0. The third-order valence-electron chi connectivity index (χ3n) is 3.75. The van der Waals surface area contributed by atoms with Crippen LogP contribution in [0.25, 0.3) is 4.85 Å². The molecule has 0 bridgehead atoms. The lowest BCUT2D eigenvalue weighted by Crippen LogP contribution is -2.37. The zero-order valence-corrected chi connectivity index (χ0v) is 13.7. The van der Waals surface area contributed by atoms with Crippen LogP contribution < -0.4 is 0 Å². The Morgan fingerprint density at radius 3 is 2.42 bits per heavy atom. The third kappa shape index (κ3) is 4.59. The maximum Gasteiger partial charge on any atom is 0.410 e. The molecule has 0 radical (unpaired) electrons. The largest absolute Gasteiger partial charge is 0.471 e. The van der Waals surface area contributed by atoms with E-state index >= 15 is 0 Å². The van der Waals surface area contributed by atoms with Crippen molar-refractivity contribution in [3.63, 3.8) is 0 Å². The van der Waals surface area contributed by atoms with Crippen LogP contribution in [-0.2, 0) is 20.9 Å². The average molecular weight is 328 g/mol. The molecule has 0 aliphatic carbocycles. The van der Waals surface area contributed by atoms with Gasteiger partial charge in [-0.25, -0.2) is 9.64 Å². The summed E-state index contributed by atoms with van der Waals surface area (Å²) in [5, 5.41) is 0. The minimum Gasteiger partial charge on any atom is -0.471 e. The quantitative estimate of drug-likeness (QED) is 0.484. The molecule has 1 fully saturated rings. The molecular weight excluding hydrogens is 308 g/mol. The van der Waals surface area contributed by atoms with E-state index in [2.05, 4.69) is 4.85 Å². The SMILES string of the molecule is [C-]#[N+]C(C(=O)OCC)=C1CCN(C(=O)OCc2ccccc2)CC1. The Kier molecular flexibility index (Phi) is 6.38. The van der Waals surface area contributed by atoms with Crippen molar-refractivity contribution in [2.75, 3.05) is 19.7 Å². The van der Waals surface area contributed by atoms with Gasteiger partial charge in [-0.05, 0) is 25.3 Å². The number of amides is 1. The summed E-state index contributed by atoms with van der Waals surface area (Å²) in [6.45, 7) is 10.2. The van der Waals surface area contributed by atoms with Crippen LogP contribution in [0.5, 0.6) is 0 Å². The van der Waals surface area contributed by atoms with E-state index in [0.717, 1.165) is 11.1 Å². The highest BCUT2D eigenvalue weighted by atomic mass is 16.6. The molecule has 1 amide bonds.